The minimum Gasteiger partial charge on any atom is -0.379 e. The Balaban J connectivity index is 2.07. The molecular formula is C9H19N3O3S. The highest BCUT2D eigenvalue weighted by atomic mass is 32.2. The number of ether oxygens (including phenoxy) is 1. The fourth-order valence-electron chi connectivity index (χ4n) is 1.90. The summed E-state index contributed by atoms with van der Waals surface area (Å²) in [7, 11) is -3.32. The Bertz CT molecular complexity index is 323. The molecule has 0 atom stereocenters. The zero-order valence-electron chi connectivity index (χ0n) is 9.34. The molecule has 94 valence electrons. The maximum absolute atomic E-state index is 12.3. The van der Waals surface area contributed by atoms with Crippen LogP contribution in [0.2, 0.25) is 0 Å². The Morgan fingerprint density at radius 2 is 1.94 bits per heavy atom. The summed E-state index contributed by atoms with van der Waals surface area (Å²) in [6.45, 7) is 2.68. The summed E-state index contributed by atoms with van der Waals surface area (Å²) in [5.74, 6) is 0. The lowest BCUT2D eigenvalue weighted by molar-refractivity contribution is 0.0700. The molecule has 1 aliphatic carbocycles. The smallest absolute Gasteiger partial charge is 0.282 e. The first-order chi connectivity index (χ1) is 7.66. The molecule has 2 rings (SSSR count). The van der Waals surface area contributed by atoms with Gasteiger partial charge >= 0.3 is 0 Å². The first-order valence-corrected chi connectivity index (χ1v) is 7.10. The summed E-state index contributed by atoms with van der Waals surface area (Å²) in [4.78, 5) is 0. The lowest BCUT2D eigenvalue weighted by atomic mass is 10.5. The van der Waals surface area contributed by atoms with E-state index in [0.717, 1.165) is 12.8 Å². The number of morpholine rings is 1. The van der Waals surface area contributed by atoms with Gasteiger partial charge in [0.25, 0.3) is 10.2 Å². The average molecular weight is 249 g/mol. The van der Waals surface area contributed by atoms with Gasteiger partial charge in [-0.15, -0.1) is 0 Å². The number of hydrogen-bond acceptors (Lipinski definition) is 4. The van der Waals surface area contributed by atoms with Gasteiger partial charge in [-0.3, -0.25) is 0 Å². The van der Waals surface area contributed by atoms with Crippen molar-refractivity contribution in [2.45, 2.75) is 18.9 Å². The second kappa shape index (κ2) is 4.97. The minimum absolute atomic E-state index is 0.177. The second-order valence-electron chi connectivity index (χ2n) is 4.15. The summed E-state index contributed by atoms with van der Waals surface area (Å²) in [6.07, 6.45) is 1.92. The monoisotopic (exact) mass is 249 g/mol. The zero-order chi connectivity index (χ0) is 11.6. The van der Waals surface area contributed by atoms with Crippen LogP contribution in [-0.4, -0.2) is 62.5 Å². The summed E-state index contributed by atoms with van der Waals surface area (Å²) in [6, 6.07) is 0.177. The molecule has 0 amide bonds. The molecule has 16 heavy (non-hydrogen) atoms. The van der Waals surface area contributed by atoms with Gasteiger partial charge in [0.05, 0.1) is 13.2 Å². The van der Waals surface area contributed by atoms with Crippen molar-refractivity contribution in [1.29, 1.82) is 0 Å². The van der Waals surface area contributed by atoms with E-state index in [0.29, 0.717) is 39.4 Å². The third-order valence-electron chi connectivity index (χ3n) is 2.90. The highest BCUT2D eigenvalue weighted by Crippen LogP contribution is 2.30. The van der Waals surface area contributed by atoms with Gasteiger partial charge in [-0.2, -0.15) is 17.0 Å². The van der Waals surface area contributed by atoms with Gasteiger partial charge in [-0.05, 0) is 12.8 Å². The van der Waals surface area contributed by atoms with Crippen molar-refractivity contribution in [3.63, 3.8) is 0 Å². The fraction of sp³-hybridized carbons (Fsp3) is 1.00. The lowest BCUT2D eigenvalue weighted by Crippen LogP contribution is -2.50. The Morgan fingerprint density at radius 3 is 2.44 bits per heavy atom. The van der Waals surface area contributed by atoms with Crippen LogP contribution in [0, 0.1) is 0 Å². The van der Waals surface area contributed by atoms with Crippen LogP contribution in [0.1, 0.15) is 12.8 Å². The number of hydrogen-bond donors (Lipinski definition) is 1. The maximum atomic E-state index is 12.3. The van der Waals surface area contributed by atoms with Crippen molar-refractivity contribution in [3.05, 3.63) is 0 Å². The molecule has 0 unspecified atom stereocenters. The van der Waals surface area contributed by atoms with Gasteiger partial charge in [-0.1, -0.05) is 0 Å². The standard InChI is InChI=1S/C9H19N3O3S/c10-3-4-12(9-1-2-9)16(13,14)11-5-7-15-8-6-11/h9H,1-8,10H2. The van der Waals surface area contributed by atoms with E-state index in [1.165, 1.54) is 4.31 Å². The molecule has 1 saturated heterocycles. The molecule has 0 spiro atoms. The molecule has 2 aliphatic rings. The van der Waals surface area contributed by atoms with Gasteiger partial charge in [0.2, 0.25) is 0 Å². The summed E-state index contributed by atoms with van der Waals surface area (Å²) < 4.78 is 32.8. The molecule has 0 aromatic heterocycles. The summed E-state index contributed by atoms with van der Waals surface area (Å²) in [5.41, 5.74) is 5.47. The third kappa shape index (κ3) is 2.54. The molecule has 0 aromatic rings. The third-order valence-corrected chi connectivity index (χ3v) is 4.99. The molecule has 0 aromatic carbocycles. The van der Waals surface area contributed by atoms with E-state index >= 15 is 0 Å². The van der Waals surface area contributed by atoms with E-state index in [1.54, 1.807) is 4.31 Å². The van der Waals surface area contributed by atoms with E-state index in [4.69, 9.17) is 10.5 Å². The summed E-state index contributed by atoms with van der Waals surface area (Å²) >= 11 is 0. The highest BCUT2D eigenvalue weighted by molar-refractivity contribution is 7.86. The van der Waals surface area contributed by atoms with E-state index < -0.39 is 10.2 Å². The van der Waals surface area contributed by atoms with Crippen molar-refractivity contribution in [2.75, 3.05) is 39.4 Å². The van der Waals surface area contributed by atoms with Gasteiger partial charge in [0.1, 0.15) is 0 Å². The Kier molecular flexibility index (Phi) is 3.81. The topological polar surface area (TPSA) is 75.9 Å². The first-order valence-electron chi connectivity index (χ1n) is 5.71. The molecule has 2 fully saturated rings. The quantitative estimate of drug-likeness (QED) is 0.677. The van der Waals surface area contributed by atoms with Gasteiger partial charge < -0.3 is 10.5 Å². The second-order valence-corrected chi connectivity index (χ2v) is 6.03. The number of rotatable bonds is 5. The van der Waals surface area contributed by atoms with Gasteiger partial charge in [0, 0.05) is 32.2 Å². The van der Waals surface area contributed by atoms with E-state index in [-0.39, 0.29) is 6.04 Å². The normalized spacial score (nSPS) is 23.9. The van der Waals surface area contributed by atoms with Crippen LogP contribution in [0.15, 0.2) is 0 Å². The molecule has 0 bridgehead atoms. The van der Waals surface area contributed by atoms with Crippen LogP contribution in [0.3, 0.4) is 0 Å². The molecule has 0 radical (unpaired) electrons. The number of nitrogens with two attached hydrogens (primary N) is 1. The van der Waals surface area contributed by atoms with Crippen LogP contribution in [0.4, 0.5) is 0 Å². The predicted molar refractivity (Wildman–Crippen MR) is 60.1 cm³/mol. The van der Waals surface area contributed by atoms with Crippen LogP contribution in [0.5, 0.6) is 0 Å². The van der Waals surface area contributed by atoms with Crippen molar-refractivity contribution in [1.82, 2.24) is 8.61 Å². The predicted octanol–water partition coefficient (Wildman–Crippen LogP) is -1.01. The fourth-order valence-corrected chi connectivity index (χ4v) is 3.73. The van der Waals surface area contributed by atoms with Crippen LogP contribution < -0.4 is 5.73 Å². The minimum atomic E-state index is -3.32. The first kappa shape index (κ1) is 12.3. The maximum Gasteiger partial charge on any atom is 0.282 e. The molecule has 1 saturated carbocycles. The molecule has 1 aliphatic heterocycles. The number of nitrogens with zero attached hydrogens (tertiary/aromatic N) is 2. The highest BCUT2D eigenvalue weighted by Gasteiger charge is 2.40. The van der Waals surface area contributed by atoms with Crippen LogP contribution >= 0.6 is 0 Å². The van der Waals surface area contributed by atoms with Crippen molar-refractivity contribution in [2.24, 2.45) is 5.73 Å². The van der Waals surface area contributed by atoms with E-state index in [1.807, 2.05) is 0 Å². The van der Waals surface area contributed by atoms with Crippen molar-refractivity contribution < 1.29 is 13.2 Å². The lowest BCUT2D eigenvalue weighted by Gasteiger charge is -2.31. The molecular weight excluding hydrogens is 230 g/mol. The Labute approximate surface area is 96.5 Å². The van der Waals surface area contributed by atoms with E-state index in [9.17, 15) is 8.42 Å². The SMILES string of the molecule is NCCN(C1CC1)S(=O)(=O)N1CCOCC1. The van der Waals surface area contributed by atoms with Gasteiger partial charge in [-0.25, -0.2) is 0 Å². The van der Waals surface area contributed by atoms with Crippen LogP contribution in [0.25, 0.3) is 0 Å². The van der Waals surface area contributed by atoms with Crippen LogP contribution in [-0.2, 0) is 14.9 Å². The molecule has 6 nitrogen and oxygen atoms in total. The van der Waals surface area contributed by atoms with Gasteiger partial charge in [0.15, 0.2) is 0 Å². The molecule has 1 heterocycles. The zero-order valence-corrected chi connectivity index (χ0v) is 10.2. The molecule has 2 N–H and O–H groups in total. The Hall–Kier alpha value is -0.210. The summed E-state index contributed by atoms with van der Waals surface area (Å²) in [5, 5.41) is 0. The van der Waals surface area contributed by atoms with E-state index in [2.05, 4.69) is 0 Å². The Morgan fingerprint density at radius 1 is 1.31 bits per heavy atom. The largest absolute Gasteiger partial charge is 0.379 e. The average Bonchev–Trinajstić information content (AvgIpc) is 3.11. The van der Waals surface area contributed by atoms with Crippen molar-refractivity contribution >= 4 is 10.2 Å². The molecule has 7 heteroatoms. The van der Waals surface area contributed by atoms with Crippen molar-refractivity contribution in [3.8, 4) is 0 Å².